The van der Waals surface area contributed by atoms with Gasteiger partial charge in [0.1, 0.15) is 0 Å². The summed E-state index contributed by atoms with van der Waals surface area (Å²) in [6.45, 7) is 0. The highest BCUT2D eigenvalue weighted by molar-refractivity contribution is 6.65. The van der Waals surface area contributed by atoms with Crippen LogP contribution in [-0.2, 0) is 7.05 Å². The van der Waals surface area contributed by atoms with Crippen molar-refractivity contribution in [2.75, 3.05) is 5.32 Å². The Morgan fingerprint density at radius 1 is 1.53 bits per heavy atom. The molecule has 0 aliphatic carbocycles. The van der Waals surface area contributed by atoms with Crippen LogP contribution in [0.25, 0.3) is 11.1 Å². The lowest BCUT2D eigenvalue weighted by Crippen LogP contribution is -2.08. The molecule has 0 aliphatic heterocycles. The lowest BCUT2D eigenvalue weighted by atomic mass is 10.3. The van der Waals surface area contributed by atoms with Crippen LogP contribution in [0.2, 0.25) is 0 Å². The molecule has 2 rings (SSSR count). The minimum absolute atomic E-state index is 0.445. The molecular weight excluding hydrogens is 220 g/mol. The summed E-state index contributed by atoms with van der Waals surface area (Å²) >= 11 is 5.17. The highest BCUT2D eigenvalue weighted by Gasteiger charge is 2.06. The van der Waals surface area contributed by atoms with Crippen molar-refractivity contribution in [3.63, 3.8) is 0 Å². The highest BCUT2D eigenvalue weighted by Crippen LogP contribution is 2.17. The molecule has 0 saturated heterocycles. The van der Waals surface area contributed by atoms with Gasteiger partial charge in [-0.05, 0) is 29.8 Å². The van der Waals surface area contributed by atoms with E-state index in [1.165, 1.54) is 4.57 Å². The largest absolute Gasteiger partial charge is 0.419 e. The third kappa shape index (κ3) is 1.73. The van der Waals surface area contributed by atoms with Crippen molar-refractivity contribution in [1.82, 2.24) is 4.57 Å². The Morgan fingerprint density at radius 3 is 2.93 bits per heavy atom. The standard InChI is InChI=1S/C9H7ClN2O3/c1-12-6-4-5(11-8(10)13)2-3-7(6)15-9(12)14/h2-4H,1H3,(H,11,13). The summed E-state index contributed by atoms with van der Waals surface area (Å²) in [6.07, 6.45) is 0. The quantitative estimate of drug-likeness (QED) is 0.597. The third-order valence-electron chi connectivity index (χ3n) is 2.03. The summed E-state index contributed by atoms with van der Waals surface area (Å²) < 4.78 is 6.27. The van der Waals surface area contributed by atoms with E-state index in [9.17, 15) is 9.59 Å². The van der Waals surface area contributed by atoms with Crippen molar-refractivity contribution in [3.05, 3.63) is 28.7 Å². The molecule has 0 spiro atoms. The van der Waals surface area contributed by atoms with E-state index < -0.39 is 11.1 Å². The molecule has 2 aromatic rings. The van der Waals surface area contributed by atoms with Crippen LogP contribution < -0.4 is 11.1 Å². The number of anilines is 1. The van der Waals surface area contributed by atoms with E-state index in [1.807, 2.05) is 0 Å². The number of hydrogen-bond donors (Lipinski definition) is 1. The summed E-state index contributed by atoms with van der Waals surface area (Å²) in [5.41, 5.74) is 1.58. The van der Waals surface area contributed by atoms with Gasteiger partial charge in [0.25, 0.3) is 0 Å². The van der Waals surface area contributed by atoms with Crippen LogP contribution in [0, 0.1) is 0 Å². The number of aryl methyl sites for hydroxylation is 1. The summed E-state index contributed by atoms with van der Waals surface area (Å²) in [4.78, 5) is 21.8. The monoisotopic (exact) mass is 226 g/mol. The Morgan fingerprint density at radius 2 is 2.27 bits per heavy atom. The Hall–Kier alpha value is -1.75. The van der Waals surface area contributed by atoms with Crippen molar-refractivity contribution >= 4 is 33.8 Å². The molecule has 1 N–H and O–H groups in total. The third-order valence-corrected chi connectivity index (χ3v) is 2.13. The molecular formula is C9H7ClN2O3. The number of rotatable bonds is 1. The predicted molar refractivity (Wildman–Crippen MR) is 56.3 cm³/mol. The number of fused-ring (bicyclic) bond motifs is 1. The highest BCUT2D eigenvalue weighted by atomic mass is 35.5. The van der Waals surface area contributed by atoms with E-state index in [1.54, 1.807) is 25.2 Å². The van der Waals surface area contributed by atoms with Crippen LogP contribution in [0.5, 0.6) is 0 Å². The van der Waals surface area contributed by atoms with Gasteiger partial charge in [-0.1, -0.05) is 0 Å². The summed E-state index contributed by atoms with van der Waals surface area (Å²) in [5, 5.41) is 1.72. The second-order valence-corrected chi connectivity index (χ2v) is 3.35. The Kier molecular flexibility index (Phi) is 2.24. The summed E-state index contributed by atoms with van der Waals surface area (Å²) in [7, 11) is 1.58. The molecule has 78 valence electrons. The van der Waals surface area contributed by atoms with E-state index in [0.29, 0.717) is 16.8 Å². The van der Waals surface area contributed by atoms with Crippen LogP contribution in [0.4, 0.5) is 10.5 Å². The second-order valence-electron chi connectivity index (χ2n) is 3.01. The number of carbonyl (C=O) groups is 1. The van der Waals surface area contributed by atoms with E-state index in [-0.39, 0.29) is 0 Å². The minimum Gasteiger partial charge on any atom is -0.408 e. The van der Waals surface area contributed by atoms with E-state index >= 15 is 0 Å². The fourth-order valence-corrected chi connectivity index (χ4v) is 1.43. The molecule has 0 fully saturated rings. The maximum atomic E-state index is 11.2. The van der Waals surface area contributed by atoms with Gasteiger partial charge in [-0.15, -0.1) is 0 Å². The fraction of sp³-hybridized carbons (Fsp3) is 0.111. The van der Waals surface area contributed by atoms with E-state index in [4.69, 9.17) is 16.0 Å². The SMILES string of the molecule is Cn1c(=O)oc2ccc(NC(=O)Cl)cc21. The molecule has 6 heteroatoms. The van der Waals surface area contributed by atoms with E-state index in [2.05, 4.69) is 5.32 Å². The Labute approximate surface area is 89.2 Å². The first-order valence-electron chi connectivity index (χ1n) is 4.14. The molecule has 1 aromatic carbocycles. The fourth-order valence-electron chi connectivity index (χ4n) is 1.32. The number of nitrogens with one attached hydrogen (secondary N) is 1. The minimum atomic E-state index is -0.678. The van der Waals surface area contributed by atoms with Gasteiger partial charge in [-0.25, -0.2) is 4.79 Å². The smallest absolute Gasteiger partial charge is 0.408 e. The predicted octanol–water partition coefficient (Wildman–Crippen LogP) is 1.90. The number of hydrogen-bond acceptors (Lipinski definition) is 3. The van der Waals surface area contributed by atoms with Gasteiger partial charge in [-0.3, -0.25) is 9.36 Å². The topological polar surface area (TPSA) is 64.2 Å². The summed E-state index contributed by atoms with van der Waals surface area (Å²) in [5.74, 6) is -0.445. The maximum absolute atomic E-state index is 11.2. The van der Waals surface area contributed by atoms with E-state index in [0.717, 1.165) is 0 Å². The molecule has 0 aliphatic rings. The zero-order valence-electron chi connectivity index (χ0n) is 7.78. The van der Waals surface area contributed by atoms with Crippen molar-refractivity contribution < 1.29 is 9.21 Å². The lowest BCUT2D eigenvalue weighted by Gasteiger charge is -1.99. The van der Waals surface area contributed by atoms with Gasteiger partial charge in [0, 0.05) is 12.7 Å². The van der Waals surface area contributed by atoms with Gasteiger partial charge in [-0.2, -0.15) is 0 Å². The summed E-state index contributed by atoms with van der Waals surface area (Å²) in [6, 6.07) is 4.81. The lowest BCUT2D eigenvalue weighted by molar-refractivity contribution is 0.269. The van der Waals surface area contributed by atoms with Gasteiger partial charge in [0.15, 0.2) is 5.58 Å². The van der Waals surface area contributed by atoms with Crippen LogP contribution in [-0.4, -0.2) is 9.93 Å². The van der Waals surface area contributed by atoms with Crippen molar-refractivity contribution in [3.8, 4) is 0 Å². The molecule has 0 unspecified atom stereocenters. The first kappa shape index (κ1) is 9.79. The number of benzene rings is 1. The number of halogens is 1. The maximum Gasteiger partial charge on any atom is 0.419 e. The molecule has 0 atom stereocenters. The number of oxazole rings is 1. The number of nitrogens with zero attached hydrogens (tertiary/aromatic N) is 1. The molecule has 0 radical (unpaired) electrons. The molecule has 1 heterocycles. The molecule has 1 amide bonds. The molecule has 0 saturated carbocycles. The van der Waals surface area contributed by atoms with Crippen LogP contribution >= 0.6 is 11.6 Å². The van der Waals surface area contributed by atoms with Crippen LogP contribution in [0.15, 0.2) is 27.4 Å². The van der Waals surface area contributed by atoms with Crippen molar-refractivity contribution in [1.29, 1.82) is 0 Å². The van der Waals surface area contributed by atoms with Gasteiger partial charge >= 0.3 is 11.1 Å². The molecule has 1 aromatic heterocycles. The van der Waals surface area contributed by atoms with Gasteiger partial charge < -0.3 is 9.73 Å². The molecule has 0 bridgehead atoms. The normalized spacial score (nSPS) is 10.5. The number of aromatic nitrogens is 1. The number of amides is 1. The van der Waals surface area contributed by atoms with Crippen LogP contribution in [0.1, 0.15) is 0 Å². The average molecular weight is 227 g/mol. The van der Waals surface area contributed by atoms with Gasteiger partial charge in [0.2, 0.25) is 0 Å². The van der Waals surface area contributed by atoms with Crippen molar-refractivity contribution in [2.24, 2.45) is 7.05 Å². The Bertz CT molecular complexity index is 585. The zero-order valence-corrected chi connectivity index (χ0v) is 8.54. The van der Waals surface area contributed by atoms with Gasteiger partial charge in [0.05, 0.1) is 5.52 Å². The Balaban J connectivity index is 2.59. The second kappa shape index (κ2) is 3.43. The first-order valence-corrected chi connectivity index (χ1v) is 4.52. The zero-order chi connectivity index (χ0) is 11.0. The number of carbonyl (C=O) groups excluding carboxylic acids is 1. The molecule has 5 nitrogen and oxygen atoms in total. The average Bonchev–Trinajstić information content (AvgIpc) is 2.43. The van der Waals surface area contributed by atoms with Crippen LogP contribution in [0.3, 0.4) is 0 Å². The molecule has 15 heavy (non-hydrogen) atoms. The first-order chi connectivity index (χ1) is 7.08. The van der Waals surface area contributed by atoms with Crippen molar-refractivity contribution in [2.45, 2.75) is 0 Å².